The van der Waals surface area contributed by atoms with E-state index in [0.29, 0.717) is 6.61 Å². The summed E-state index contributed by atoms with van der Waals surface area (Å²) in [4.78, 5) is 20.7. The van der Waals surface area contributed by atoms with Crippen LogP contribution in [0.25, 0.3) is 0 Å². The Morgan fingerprint density at radius 2 is 1.84 bits per heavy atom. The van der Waals surface area contributed by atoms with Gasteiger partial charge in [-0.05, 0) is 26.2 Å². The largest absolute Gasteiger partial charge is 0.466 e. The maximum absolute atomic E-state index is 10.9. The standard InChI is InChI=1S/C11H20O2.C4H8O2/c1-4-7-8-9-10(5-2)13-11(12)6-3;1-3-6-4(2)5/h6,10H,3-5,7-9H2,1-2H3;3H2,1-2H3. The predicted octanol–water partition coefficient (Wildman–Crippen LogP) is 3.64. The molecule has 0 aromatic rings. The molecule has 1 atom stereocenters. The van der Waals surface area contributed by atoms with Crippen molar-refractivity contribution in [1.29, 1.82) is 0 Å². The van der Waals surface area contributed by atoms with Gasteiger partial charge in [0.1, 0.15) is 6.10 Å². The Hall–Kier alpha value is -1.32. The van der Waals surface area contributed by atoms with Gasteiger partial charge in [-0.25, -0.2) is 4.79 Å². The molecule has 0 aromatic heterocycles. The number of carbonyl (C=O) groups is 2. The van der Waals surface area contributed by atoms with E-state index in [1.54, 1.807) is 6.92 Å². The molecule has 0 aliphatic carbocycles. The molecule has 0 saturated carbocycles. The summed E-state index contributed by atoms with van der Waals surface area (Å²) in [6, 6.07) is 0. The van der Waals surface area contributed by atoms with Crippen molar-refractivity contribution in [2.45, 2.75) is 65.9 Å². The first kappa shape index (κ1) is 20.0. The molecule has 4 nitrogen and oxygen atoms in total. The maximum Gasteiger partial charge on any atom is 0.330 e. The second kappa shape index (κ2) is 14.7. The third-order valence-corrected chi connectivity index (χ3v) is 2.38. The van der Waals surface area contributed by atoms with E-state index >= 15 is 0 Å². The lowest BCUT2D eigenvalue weighted by molar-refractivity contribution is -0.143. The highest BCUT2D eigenvalue weighted by molar-refractivity contribution is 5.81. The van der Waals surface area contributed by atoms with Crippen LogP contribution >= 0.6 is 0 Å². The average Bonchev–Trinajstić information content (AvgIpc) is 2.38. The van der Waals surface area contributed by atoms with Crippen LogP contribution in [-0.2, 0) is 19.1 Å². The number of hydrogen-bond acceptors (Lipinski definition) is 4. The van der Waals surface area contributed by atoms with E-state index in [-0.39, 0.29) is 18.0 Å². The Morgan fingerprint density at radius 3 is 2.16 bits per heavy atom. The molecule has 0 aromatic carbocycles. The summed E-state index contributed by atoms with van der Waals surface area (Å²) in [7, 11) is 0. The van der Waals surface area contributed by atoms with Crippen molar-refractivity contribution >= 4 is 11.9 Å². The Morgan fingerprint density at radius 1 is 1.21 bits per heavy atom. The molecule has 0 fully saturated rings. The fourth-order valence-electron chi connectivity index (χ4n) is 1.38. The molecule has 0 aliphatic rings. The average molecular weight is 272 g/mol. The quantitative estimate of drug-likeness (QED) is 0.384. The third-order valence-electron chi connectivity index (χ3n) is 2.38. The molecular weight excluding hydrogens is 244 g/mol. The van der Waals surface area contributed by atoms with Crippen LogP contribution in [0.1, 0.15) is 59.8 Å². The summed E-state index contributed by atoms with van der Waals surface area (Å²) < 4.78 is 9.54. The van der Waals surface area contributed by atoms with Crippen LogP contribution in [0, 0.1) is 0 Å². The van der Waals surface area contributed by atoms with E-state index in [2.05, 4.69) is 18.2 Å². The summed E-state index contributed by atoms with van der Waals surface area (Å²) in [5.74, 6) is -0.513. The summed E-state index contributed by atoms with van der Waals surface area (Å²) in [5, 5.41) is 0. The zero-order valence-corrected chi connectivity index (χ0v) is 12.7. The van der Waals surface area contributed by atoms with Gasteiger partial charge in [-0.3, -0.25) is 4.79 Å². The van der Waals surface area contributed by atoms with Crippen LogP contribution in [-0.4, -0.2) is 24.6 Å². The minimum absolute atomic E-state index is 0.0806. The Kier molecular flexibility index (Phi) is 15.5. The van der Waals surface area contributed by atoms with Crippen molar-refractivity contribution in [3.8, 4) is 0 Å². The van der Waals surface area contributed by atoms with Gasteiger partial charge in [0.25, 0.3) is 0 Å². The smallest absolute Gasteiger partial charge is 0.330 e. The first-order chi connectivity index (χ1) is 9.01. The molecule has 0 bridgehead atoms. The number of rotatable bonds is 8. The highest BCUT2D eigenvalue weighted by Crippen LogP contribution is 2.10. The molecule has 0 saturated heterocycles. The molecule has 0 aliphatic heterocycles. The molecule has 4 heteroatoms. The van der Waals surface area contributed by atoms with Crippen LogP contribution in [0.15, 0.2) is 12.7 Å². The van der Waals surface area contributed by atoms with E-state index in [1.807, 2.05) is 6.92 Å². The predicted molar refractivity (Wildman–Crippen MR) is 76.8 cm³/mol. The summed E-state index contributed by atoms with van der Waals surface area (Å²) >= 11 is 0. The lowest BCUT2D eigenvalue weighted by Gasteiger charge is -2.14. The summed E-state index contributed by atoms with van der Waals surface area (Å²) in [6.07, 6.45) is 6.72. The molecule has 112 valence electrons. The van der Waals surface area contributed by atoms with Crippen molar-refractivity contribution < 1.29 is 19.1 Å². The maximum atomic E-state index is 10.9. The monoisotopic (exact) mass is 272 g/mol. The molecule has 0 heterocycles. The van der Waals surface area contributed by atoms with Crippen LogP contribution in [0.3, 0.4) is 0 Å². The zero-order chi connectivity index (χ0) is 15.1. The van der Waals surface area contributed by atoms with Gasteiger partial charge in [-0.1, -0.05) is 33.3 Å². The second-order valence-corrected chi connectivity index (χ2v) is 4.09. The number of esters is 2. The minimum Gasteiger partial charge on any atom is -0.466 e. The van der Waals surface area contributed by atoms with Crippen molar-refractivity contribution in [1.82, 2.24) is 0 Å². The van der Waals surface area contributed by atoms with Crippen molar-refractivity contribution in [3.05, 3.63) is 12.7 Å². The Balaban J connectivity index is 0. The van der Waals surface area contributed by atoms with Gasteiger partial charge >= 0.3 is 11.9 Å². The fourth-order valence-corrected chi connectivity index (χ4v) is 1.38. The molecule has 0 amide bonds. The van der Waals surface area contributed by atoms with Gasteiger partial charge < -0.3 is 9.47 Å². The fraction of sp³-hybridized carbons (Fsp3) is 0.733. The molecule has 0 N–H and O–H groups in total. The highest BCUT2D eigenvalue weighted by Gasteiger charge is 2.08. The Bertz CT molecular complexity index is 249. The van der Waals surface area contributed by atoms with Crippen molar-refractivity contribution in [2.24, 2.45) is 0 Å². The van der Waals surface area contributed by atoms with E-state index in [0.717, 1.165) is 19.3 Å². The molecule has 0 radical (unpaired) electrons. The van der Waals surface area contributed by atoms with E-state index < -0.39 is 0 Å². The van der Waals surface area contributed by atoms with E-state index in [1.165, 1.54) is 25.8 Å². The minimum atomic E-state index is -0.302. The van der Waals surface area contributed by atoms with E-state index in [9.17, 15) is 9.59 Å². The number of ether oxygens (including phenoxy) is 2. The van der Waals surface area contributed by atoms with Gasteiger partial charge in [-0.15, -0.1) is 0 Å². The van der Waals surface area contributed by atoms with Crippen molar-refractivity contribution in [2.75, 3.05) is 6.61 Å². The van der Waals surface area contributed by atoms with Gasteiger partial charge in [0.05, 0.1) is 6.61 Å². The third kappa shape index (κ3) is 16.7. The SMILES string of the molecule is C=CC(=O)OC(CC)CCCCC.CCOC(C)=O. The number of hydrogen-bond donors (Lipinski definition) is 0. The molecule has 19 heavy (non-hydrogen) atoms. The lowest BCUT2D eigenvalue weighted by atomic mass is 10.1. The summed E-state index contributed by atoms with van der Waals surface area (Å²) in [5.41, 5.74) is 0. The normalized spacial score (nSPS) is 10.7. The van der Waals surface area contributed by atoms with Gasteiger partial charge in [0.15, 0.2) is 0 Å². The van der Waals surface area contributed by atoms with Gasteiger partial charge in [0.2, 0.25) is 0 Å². The molecular formula is C15H28O4. The zero-order valence-electron chi connectivity index (χ0n) is 12.7. The highest BCUT2D eigenvalue weighted by atomic mass is 16.5. The topological polar surface area (TPSA) is 52.6 Å². The number of unbranched alkanes of at least 4 members (excludes halogenated alkanes) is 2. The van der Waals surface area contributed by atoms with Crippen LogP contribution < -0.4 is 0 Å². The molecule has 0 rings (SSSR count). The van der Waals surface area contributed by atoms with Crippen LogP contribution in [0.2, 0.25) is 0 Å². The number of carbonyl (C=O) groups excluding carboxylic acids is 2. The van der Waals surface area contributed by atoms with Crippen LogP contribution in [0.5, 0.6) is 0 Å². The van der Waals surface area contributed by atoms with Crippen molar-refractivity contribution in [3.63, 3.8) is 0 Å². The van der Waals surface area contributed by atoms with Crippen LogP contribution in [0.4, 0.5) is 0 Å². The van der Waals surface area contributed by atoms with Gasteiger partial charge in [0, 0.05) is 13.0 Å². The summed E-state index contributed by atoms with van der Waals surface area (Å²) in [6.45, 7) is 11.2. The first-order valence-corrected chi connectivity index (χ1v) is 6.98. The van der Waals surface area contributed by atoms with E-state index in [4.69, 9.17) is 4.74 Å². The second-order valence-electron chi connectivity index (χ2n) is 4.09. The Labute approximate surface area is 117 Å². The van der Waals surface area contributed by atoms with Gasteiger partial charge in [-0.2, -0.15) is 0 Å². The molecule has 1 unspecified atom stereocenters. The lowest BCUT2D eigenvalue weighted by Crippen LogP contribution is -2.15. The first-order valence-electron chi connectivity index (χ1n) is 6.98. The molecule has 0 spiro atoms.